The van der Waals surface area contributed by atoms with E-state index >= 15 is 0 Å². The Bertz CT molecular complexity index is 1200. The Kier molecular flexibility index (Phi) is 7.59. The van der Waals surface area contributed by atoms with Crippen LogP contribution in [0, 0.1) is 0 Å². The lowest BCUT2D eigenvalue weighted by Crippen LogP contribution is -2.30. The summed E-state index contributed by atoms with van der Waals surface area (Å²) in [5, 5.41) is 14.0. The molecule has 1 atom stereocenters. The van der Waals surface area contributed by atoms with Gasteiger partial charge in [-0.3, -0.25) is 4.79 Å². The number of carbonyl (C=O) groups excluding carboxylic acids is 1. The summed E-state index contributed by atoms with van der Waals surface area (Å²) in [4.78, 5) is 25.4. The number of fused-ring (bicyclic) bond motifs is 1. The van der Waals surface area contributed by atoms with Crippen molar-refractivity contribution in [2.75, 3.05) is 47.0 Å². The Balaban J connectivity index is 1.77. The van der Waals surface area contributed by atoms with Crippen molar-refractivity contribution in [3.05, 3.63) is 46.3 Å². The number of carbonyl (C=O) groups is 1. The number of amides is 1. The monoisotopic (exact) mass is 476 g/mol. The summed E-state index contributed by atoms with van der Waals surface area (Å²) in [6, 6.07) is 8.05. The summed E-state index contributed by atoms with van der Waals surface area (Å²) >= 11 is 0. The fraction of sp³-hybridized carbons (Fsp3) is 0.304. The van der Waals surface area contributed by atoms with Gasteiger partial charge in [0.2, 0.25) is 5.75 Å². The van der Waals surface area contributed by atoms with Gasteiger partial charge < -0.3 is 33.8 Å². The maximum atomic E-state index is 12.7. The number of benzene rings is 2. The molecule has 0 saturated carbocycles. The van der Waals surface area contributed by atoms with E-state index in [0.29, 0.717) is 39.7 Å². The number of rotatable bonds is 9. The Hall–Kier alpha value is -3.53. The molecule has 2 N–H and O–H groups in total. The first-order chi connectivity index (χ1) is 15.9. The van der Waals surface area contributed by atoms with Gasteiger partial charge in [0, 0.05) is 16.5 Å². The molecule has 0 radical (unpaired) electrons. The predicted octanol–water partition coefficient (Wildman–Crippen LogP) is 2.57. The quantitative estimate of drug-likeness (QED) is 0.358. The van der Waals surface area contributed by atoms with Gasteiger partial charge in [-0.25, -0.2) is 4.79 Å². The average Bonchev–Trinajstić information content (AvgIpc) is 2.82. The lowest BCUT2D eigenvalue weighted by molar-refractivity contribution is 0.0955. The molecule has 10 heteroatoms. The lowest BCUT2D eigenvalue weighted by Gasteiger charge is -2.14. The van der Waals surface area contributed by atoms with Crippen LogP contribution in [0.25, 0.3) is 11.0 Å². The van der Waals surface area contributed by atoms with Gasteiger partial charge in [-0.15, -0.1) is 0 Å². The second-order valence-electron chi connectivity index (χ2n) is 6.91. The zero-order chi connectivity index (χ0) is 24.1. The molecule has 1 unspecified atom stereocenters. The van der Waals surface area contributed by atoms with Crippen LogP contribution >= 0.6 is 0 Å². The minimum atomic E-state index is -0.709. The molecule has 1 heterocycles. The Morgan fingerprint density at radius 1 is 1.03 bits per heavy atom. The summed E-state index contributed by atoms with van der Waals surface area (Å²) in [6.45, 7) is 0.262. The molecule has 0 aliphatic carbocycles. The summed E-state index contributed by atoms with van der Waals surface area (Å²) in [6.07, 6.45) is 1.80. The van der Waals surface area contributed by atoms with Crippen molar-refractivity contribution in [2.45, 2.75) is 4.90 Å². The smallest absolute Gasteiger partial charge is 0.396 e. The minimum Gasteiger partial charge on any atom is -0.503 e. The first kappa shape index (κ1) is 24.1. The summed E-state index contributed by atoms with van der Waals surface area (Å²) < 4.78 is 26.5. The second kappa shape index (κ2) is 10.4. The third-order valence-corrected chi connectivity index (χ3v) is 6.89. The zero-order valence-electron chi connectivity index (χ0n) is 19.0. The van der Waals surface area contributed by atoms with Crippen LogP contribution in [-0.2, 0) is 10.9 Å². The molecule has 1 amide bonds. The van der Waals surface area contributed by atoms with Crippen LogP contribution in [0.1, 0.15) is 10.4 Å². The molecular weight excluding hydrogens is 450 g/mol. The van der Waals surface area contributed by atoms with Crippen LogP contribution in [-0.4, -0.2) is 58.0 Å². The number of ether oxygens (including phenoxy) is 4. The molecule has 1 aromatic heterocycles. The lowest BCUT2D eigenvalue weighted by atomic mass is 10.1. The molecule has 2 aromatic carbocycles. The van der Waals surface area contributed by atoms with Crippen molar-refractivity contribution in [1.82, 2.24) is 5.32 Å². The molecule has 33 heavy (non-hydrogen) atoms. The van der Waals surface area contributed by atoms with Gasteiger partial charge in [0.1, 0.15) is 28.7 Å². The fourth-order valence-electron chi connectivity index (χ4n) is 3.40. The van der Waals surface area contributed by atoms with Gasteiger partial charge in [-0.1, -0.05) is 6.07 Å². The van der Waals surface area contributed by atoms with Crippen molar-refractivity contribution in [3.63, 3.8) is 0 Å². The molecule has 3 rings (SSSR count). The molecule has 0 fully saturated rings. The van der Waals surface area contributed by atoms with Gasteiger partial charge in [0.15, 0.2) is 17.2 Å². The van der Waals surface area contributed by atoms with Gasteiger partial charge in [0.05, 0.1) is 35.0 Å². The van der Waals surface area contributed by atoms with E-state index in [9.17, 15) is 14.7 Å². The summed E-state index contributed by atoms with van der Waals surface area (Å²) in [5.41, 5.74) is -0.0402. The largest absolute Gasteiger partial charge is 0.503 e. The normalized spacial score (nSPS) is 11.7. The van der Waals surface area contributed by atoms with E-state index in [2.05, 4.69) is 5.32 Å². The van der Waals surface area contributed by atoms with Crippen LogP contribution in [0.15, 0.2) is 44.4 Å². The highest BCUT2D eigenvalue weighted by Crippen LogP contribution is 2.38. The fourth-order valence-corrected chi connectivity index (χ4v) is 4.77. The van der Waals surface area contributed by atoms with E-state index in [1.165, 1.54) is 28.4 Å². The molecule has 3 aromatic rings. The first-order valence-electron chi connectivity index (χ1n) is 9.89. The van der Waals surface area contributed by atoms with Crippen molar-refractivity contribution in [3.8, 4) is 28.7 Å². The Labute approximate surface area is 193 Å². The Morgan fingerprint density at radius 2 is 1.67 bits per heavy atom. The van der Waals surface area contributed by atoms with Crippen LogP contribution < -0.4 is 29.9 Å². The van der Waals surface area contributed by atoms with Crippen molar-refractivity contribution >= 4 is 27.8 Å². The molecule has 176 valence electrons. The highest BCUT2D eigenvalue weighted by atomic mass is 32.2. The van der Waals surface area contributed by atoms with Gasteiger partial charge in [-0.2, -0.15) is 0 Å². The van der Waals surface area contributed by atoms with Crippen LogP contribution in [0.2, 0.25) is 0 Å². The second-order valence-corrected chi connectivity index (χ2v) is 9.00. The maximum Gasteiger partial charge on any atom is 0.396 e. The predicted molar refractivity (Wildman–Crippen MR) is 126 cm³/mol. The molecule has 0 aliphatic rings. The highest BCUT2D eigenvalue weighted by Gasteiger charge is 2.30. The van der Waals surface area contributed by atoms with Crippen molar-refractivity contribution < 1.29 is 33.3 Å². The summed E-state index contributed by atoms with van der Waals surface area (Å²) in [7, 11) is 5.19. The summed E-state index contributed by atoms with van der Waals surface area (Å²) in [5.74, 6) is 1.43. The SMILES string of the molecule is COc1cc(C(=O)NCC[S+](C)c2c(O)c3c(OC)cccc3oc2=O)cc(OC)c1OC. The minimum absolute atomic E-state index is 0.161. The molecule has 0 spiro atoms. The molecule has 0 bridgehead atoms. The molecular formula is C23H26NO8S+. The number of hydrogen-bond donors (Lipinski definition) is 2. The Morgan fingerprint density at radius 3 is 2.24 bits per heavy atom. The van der Waals surface area contributed by atoms with E-state index in [0.717, 1.165) is 0 Å². The number of aromatic hydroxyl groups is 1. The van der Waals surface area contributed by atoms with Gasteiger partial charge >= 0.3 is 5.63 Å². The van der Waals surface area contributed by atoms with E-state index in [1.807, 2.05) is 0 Å². The number of nitrogens with one attached hydrogen (secondary N) is 1. The number of hydrogen-bond acceptors (Lipinski definition) is 8. The highest BCUT2D eigenvalue weighted by molar-refractivity contribution is 7.96. The third kappa shape index (κ3) is 4.80. The van der Waals surface area contributed by atoms with E-state index < -0.39 is 16.5 Å². The van der Waals surface area contributed by atoms with Crippen LogP contribution in [0.5, 0.6) is 28.7 Å². The van der Waals surface area contributed by atoms with Gasteiger partial charge in [0.25, 0.3) is 10.8 Å². The maximum absolute atomic E-state index is 12.7. The van der Waals surface area contributed by atoms with Crippen LogP contribution in [0.3, 0.4) is 0 Å². The number of methoxy groups -OCH3 is 4. The van der Waals surface area contributed by atoms with E-state index in [-0.39, 0.29) is 28.7 Å². The van der Waals surface area contributed by atoms with E-state index in [1.54, 1.807) is 36.6 Å². The van der Waals surface area contributed by atoms with Crippen LogP contribution in [0.4, 0.5) is 0 Å². The average molecular weight is 477 g/mol. The first-order valence-corrected chi connectivity index (χ1v) is 11.7. The van der Waals surface area contributed by atoms with E-state index in [4.69, 9.17) is 23.4 Å². The zero-order valence-corrected chi connectivity index (χ0v) is 19.8. The molecule has 9 nitrogen and oxygen atoms in total. The van der Waals surface area contributed by atoms with Crippen molar-refractivity contribution in [1.29, 1.82) is 0 Å². The topological polar surface area (TPSA) is 116 Å². The van der Waals surface area contributed by atoms with Gasteiger partial charge in [-0.05, 0) is 24.3 Å². The molecule has 0 saturated heterocycles. The molecule has 0 aliphatic heterocycles. The third-order valence-electron chi connectivity index (χ3n) is 5.02. The standard InChI is InChI=1S/C23H25NO8S/c1-28-14-7-6-8-15-18(14)19(25)21(23(27)32-15)33(5)10-9-24-22(26)13-11-16(29-2)20(31-4)17(12-13)30-3/h6-8,11-12H,9-10H2,1-5H3,(H-,24,25,26,27)/p+1. The van der Waals surface area contributed by atoms with Crippen molar-refractivity contribution in [2.24, 2.45) is 0 Å².